The van der Waals surface area contributed by atoms with E-state index in [-0.39, 0.29) is 21.8 Å². The summed E-state index contributed by atoms with van der Waals surface area (Å²) in [7, 11) is 0. The lowest BCUT2D eigenvalue weighted by Gasteiger charge is -2.10. The molecule has 2 aromatic heterocycles. The minimum atomic E-state index is -0.672. The van der Waals surface area contributed by atoms with Crippen molar-refractivity contribution < 1.29 is 4.42 Å². The topological polar surface area (TPSA) is 121 Å². The number of nitrogens with zero attached hydrogens (tertiary/aromatic N) is 4. The zero-order valence-corrected chi connectivity index (χ0v) is 12.6. The Hall–Kier alpha value is -2.97. The van der Waals surface area contributed by atoms with E-state index in [4.69, 9.17) is 10.2 Å². The lowest BCUT2D eigenvalue weighted by Crippen LogP contribution is -2.25. The predicted molar refractivity (Wildman–Crippen MR) is 82.6 cm³/mol. The number of nitriles is 2. The van der Waals surface area contributed by atoms with Crippen LogP contribution in [0.3, 0.4) is 0 Å². The fourth-order valence-corrected chi connectivity index (χ4v) is 2.54. The van der Waals surface area contributed by atoms with Crippen LogP contribution in [0.25, 0.3) is 0 Å². The highest BCUT2D eigenvalue weighted by molar-refractivity contribution is 7.98. The molecule has 0 fully saturated rings. The van der Waals surface area contributed by atoms with Crippen molar-refractivity contribution in [3.63, 3.8) is 0 Å². The van der Waals surface area contributed by atoms with Gasteiger partial charge in [0.2, 0.25) is 0 Å². The average molecular weight is 313 g/mol. The predicted octanol–water partition coefficient (Wildman–Crippen LogP) is 1.76. The third-order valence-corrected chi connectivity index (χ3v) is 3.72. The van der Waals surface area contributed by atoms with E-state index in [1.807, 2.05) is 12.1 Å². The van der Waals surface area contributed by atoms with Gasteiger partial charge in [0.05, 0.1) is 11.2 Å². The first-order valence-corrected chi connectivity index (χ1v) is 7.29. The second-order valence-corrected chi connectivity index (χ2v) is 4.99. The molecule has 2 heterocycles. The number of anilines is 1. The summed E-state index contributed by atoms with van der Waals surface area (Å²) < 4.78 is 6.04. The molecule has 0 aliphatic heterocycles. The number of furan rings is 1. The first kappa shape index (κ1) is 15.4. The van der Waals surface area contributed by atoms with E-state index in [9.17, 15) is 15.3 Å². The molecule has 0 radical (unpaired) electrons. The van der Waals surface area contributed by atoms with Crippen molar-refractivity contribution in [1.29, 1.82) is 10.5 Å². The van der Waals surface area contributed by atoms with Crippen molar-refractivity contribution in [3.05, 3.63) is 45.6 Å². The molecule has 7 nitrogen and oxygen atoms in total. The van der Waals surface area contributed by atoms with E-state index in [0.29, 0.717) is 11.5 Å². The van der Waals surface area contributed by atoms with Crippen LogP contribution in [0, 0.1) is 22.7 Å². The number of rotatable bonds is 3. The molecule has 2 aromatic rings. The third kappa shape index (κ3) is 2.48. The highest BCUT2D eigenvalue weighted by atomic mass is 32.2. The van der Waals surface area contributed by atoms with Gasteiger partial charge < -0.3 is 10.2 Å². The zero-order chi connectivity index (χ0) is 16.3. The Morgan fingerprint density at radius 3 is 2.59 bits per heavy atom. The molecule has 0 saturated heterocycles. The molecule has 0 aliphatic carbocycles. The zero-order valence-electron chi connectivity index (χ0n) is 11.8. The molecule has 110 valence electrons. The summed E-state index contributed by atoms with van der Waals surface area (Å²) in [6.45, 7) is 1.63. The van der Waals surface area contributed by atoms with Gasteiger partial charge in [-0.1, -0.05) is 0 Å². The van der Waals surface area contributed by atoms with Crippen LogP contribution < -0.4 is 11.3 Å². The molecule has 0 spiro atoms. The average Bonchev–Trinajstić information content (AvgIpc) is 3.05. The van der Waals surface area contributed by atoms with Crippen molar-refractivity contribution in [3.8, 4) is 12.1 Å². The highest BCUT2D eigenvalue weighted by Crippen LogP contribution is 2.26. The first-order chi connectivity index (χ1) is 10.5. The van der Waals surface area contributed by atoms with Gasteiger partial charge in [0.1, 0.15) is 40.6 Å². The fraction of sp³-hybridized carbons (Fsp3) is 0.143. The van der Waals surface area contributed by atoms with Gasteiger partial charge in [-0.2, -0.15) is 20.3 Å². The number of nitrogens with two attached hydrogens (primary N) is 1. The Labute approximate surface area is 130 Å². The van der Waals surface area contributed by atoms with Crippen LogP contribution in [0.1, 0.15) is 23.8 Å². The lowest BCUT2D eigenvalue weighted by atomic mass is 10.2. The maximum absolute atomic E-state index is 12.4. The van der Waals surface area contributed by atoms with Gasteiger partial charge >= 0.3 is 0 Å². The summed E-state index contributed by atoms with van der Waals surface area (Å²) in [5, 5.41) is 22.5. The minimum Gasteiger partial charge on any atom is -0.463 e. The maximum atomic E-state index is 12.4. The summed E-state index contributed by atoms with van der Waals surface area (Å²) in [5.41, 5.74) is 5.49. The quantitative estimate of drug-likeness (QED) is 0.680. The van der Waals surface area contributed by atoms with Crippen molar-refractivity contribution in [2.45, 2.75) is 11.8 Å². The molecule has 0 aliphatic rings. The SMILES string of the molecule is CSc1c(C#N)c(N)n(N=C(C)c2ccco2)c(=O)c1C#N. The Morgan fingerprint density at radius 1 is 1.41 bits per heavy atom. The van der Waals surface area contributed by atoms with Crippen molar-refractivity contribution in [2.24, 2.45) is 5.10 Å². The Balaban J connectivity index is 2.79. The summed E-state index contributed by atoms with van der Waals surface area (Å²) in [6, 6.07) is 7.08. The van der Waals surface area contributed by atoms with Gasteiger partial charge in [-0.15, -0.1) is 11.8 Å². The fourth-order valence-electron chi connectivity index (χ4n) is 1.85. The number of hydrogen-bond acceptors (Lipinski definition) is 7. The molecular weight excluding hydrogens is 302 g/mol. The maximum Gasteiger partial charge on any atom is 0.291 e. The molecule has 22 heavy (non-hydrogen) atoms. The van der Waals surface area contributed by atoms with E-state index >= 15 is 0 Å². The van der Waals surface area contributed by atoms with Crippen LogP contribution in [0.4, 0.5) is 5.82 Å². The molecule has 2 N–H and O–H groups in total. The second-order valence-electron chi connectivity index (χ2n) is 4.17. The van der Waals surface area contributed by atoms with Crippen LogP contribution in [-0.4, -0.2) is 16.6 Å². The standard InChI is InChI=1S/C14H11N5O2S/c1-8(11-4-3-5-21-11)18-19-13(17)9(6-15)12(22-2)10(7-16)14(19)20/h3-5H,17H2,1-2H3. The Bertz CT molecular complexity index is 882. The molecule has 0 bridgehead atoms. The molecule has 0 unspecified atom stereocenters. The van der Waals surface area contributed by atoms with Crippen LogP contribution >= 0.6 is 11.8 Å². The van der Waals surface area contributed by atoms with Gasteiger partial charge in [0.25, 0.3) is 5.56 Å². The number of aromatic nitrogens is 1. The normalized spacial score (nSPS) is 11.0. The van der Waals surface area contributed by atoms with E-state index in [0.717, 1.165) is 16.4 Å². The molecule has 0 atom stereocenters. The summed E-state index contributed by atoms with van der Waals surface area (Å²) in [4.78, 5) is 12.6. The van der Waals surface area contributed by atoms with E-state index in [1.54, 1.807) is 25.3 Å². The molecule has 0 saturated carbocycles. The van der Waals surface area contributed by atoms with Crippen LogP contribution in [0.2, 0.25) is 0 Å². The molecular formula is C14H11N5O2S. The van der Waals surface area contributed by atoms with Crippen LogP contribution in [0.15, 0.2) is 37.6 Å². The highest BCUT2D eigenvalue weighted by Gasteiger charge is 2.20. The van der Waals surface area contributed by atoms with Crippen LogP contribution in [-0.2, 0) is 0 Å². The molecule has 0 amide bonds. The van der Waals surface area contributed by atoms with Crippen LogP contribution in [0.5, 0.6) is 0 Å². The summed E-state index contributed by atoms with van der Waals surface area (Å²) >= 11 is 1.12. The van der Waals surface area contributed by atoms with Crippen molar-refractivity contribution in [2.75, 3.05) is 12.0 Å². The number of nitrogen functional groups attached to an aromatic ring is 1. The van der Waals surface area contributed by atoms with Crippen molar-refractivity contribution in [1.82, 2.24) is 4.68 Å². The molecule has 2 rings (SSSR count). The smallest absolute Gasteiger partial charge is 0.291 e. The van der Waals surface area contributed by atoms with Gasteiger partial charge in [0.15, 0.2) is 0 Å². The van der Waals surface area contributed by atoms with Gasteiger partial charge in [-0.25, -0.2) is 0 Å². The number of pyridine rings is 1. The Morgan fingerprint density at radius 2 is 2.09 bits per heavy atom. The molecule has 0 aromatic carbocycles. The lowest BCUT2D eigenvalue weighted by molar-refractivity contribution is 0.556. The van der Waals surface area contributed by atoms with Gasteiger partial charge in [-0.3, -0.25) is 4.79 Å². The number of thioether (sulfide) groups is 1. The van der Waals surface area contributed by atoms with E-state index < -0.39 is 5.56 Å². The second kappa shape index (κ2) is 6.20. The van der Waals surface area contributed by atoms with E-state index in [2.05, 4.69) is 5.10 Å². The number of hydrogen-bond donors (Lipinski definition) is 1. The Kier molecular flexibility index (Phi) is 4.35. The first-order valence-electron chi connectivity index (χ1n) is 6.07. The van der Waals surface area contributed by atoms with E-state index in [1.165, 1.54) is 6.26 Å². The minimum absolute atomic E-state index is 0.0552. The summed E-state index contributed by atoms with van der Waals surface area (Å²) in [6.07, 6.45) is 3.14. The summed E-state index contributed by atoms with van der Waals surface area (Å²) in [5.74, 6) is 0.346. The van der Waals surface area contributed by atoms with Gasteiger partial charge in [-0.05, 0) is 25.3 Å². The molecule has 8 heteroatoms. The monoisotopic (exact) mass is 313 g/mol. The third-order valence-electron chi connectivity index (χ3n) is 2.90. The van der Waals surface area contributed by atoms with Gasteiger partial charge in [0, 0.05) is 0 Å². The largest absolute Gasteiger partial charge is 0.463 e. The van der Waals surface area contributed by atoms with Crippen molar-refractivity contribution >= 4 is 23.3 Å².